The molecule has 0 aromatic heterocycles. The van der Waals surface area contributed by atoms with Gasteiger partial charge in [-0.1, -0.05) is 24.3 Å². The number of benzene rings is 2. The molecule has 0 atom stereocenters. The number of guanidine groups is 1. The zero-order valence-corrected chi connectivity index (χ0v) is 22.2. The van der Waals surface area contributed by atoms with Crippen LogP contribution in [-0.4, -0.2) is 45.3 Å². The van der Waals surface area contributed by atoms with Gasteiger partial charge in [0.2, 0.25) is 0 Å². The predicted molar refractivity (Wildman–Crippen MR) is 144 cm³/mol. The van der Waals surface area contributed by atoms with Gasteiger partial charge in [-0.25, -0.2) is 4.79 Å². The van der Waals surface area contributed by atoms with Gasteiger partial charge in [-0.3, -0.25) is 10.3 Å². The second kappa shape index (κ2) is 13.1. The molecule has 1 amide bonds. The van der Waals surface area contributed by atoms with E-state index >= 15 is 0 Å². The van der Waals surface area contributed by atoms with Crippen molar-refractivity contribution in [2.75, 3.05) is 37.9 Å². The summed E-state index contributed by atoms with van der Waals surface area (Å²) in [6.07, 6.45) is 0.387. The van der Waals surface area contributed by atoms with Crippen LogP contribution in [0.1, 0.15) is 31.9 Å². The number of ether oxygens (including phenoxy) is 1. The van der Waals surface area contributed by atoms with E-state index in [-0.39, 0.29) is 24.0 Å². The monoisotopic (exact) mass is 553 g/mol. The summed E-state index contributed by atoms with van der Waals surface area (Å²) in [5, 5.41) is 9.41. The van der Waals surface area contributed by atoms with Crippen molar-refractivity contribution in [2.45, 2.75) is 39.3 Å². The van der Waals surface area contributed by atoms with Gasteiger partial charge in [0.15, 0.2) is 5.96 Å². The lowest BCUT2D eigenvalue weighted by molar-refractivity contribution is 0.0636. The average Bonchev–Trinajstić information content (AvgIpc) is 2.70. The van der Waals surface area contributed by atoms with E-state index in [1.807, 2.05) is 59.1 Å². The van der Waals surface area contributed by atoms with Gasteiger partial charge in [0.1, 0.15) is 5.60 Å². The SMILES string of the molecule is CN=C(NCCc1ccc(NC(=O)OC(C)(C)C)cc1)NCc1ccc(N(C)C)cc1.I. The number of carbonyl (C=O) groups excluding carboxylic acids is 1. The molecule has 0 aliphatic carbocycles. The highest BCUT2D eigenvalue weighted by atomic mass is 127. The third kappa shape index (κ3) is 10.2. The van der Waals surface area contributed by atoms with Gasteiger partial charge >= 0.3 is 6.09 Å². The van der Waals surface area contributed by atoms with Crippen LogP contribution >= 0.6 is 24.0 Å². The molecule has 2 aromatic carbocycles. The highest BCUT2D eigenvalue weighted by Crippen LogP contribution is 2.14. The molecule has 0 saturated heterocycles. The number of nitrogens with zero attached hydrogens (tertiary/aromatic N) is 2. The van der Waals surface area contributed by atoms with Crippen molar-refractivity contribution in [2.24, 2.45) is 4.99 Å². The number of aliphatic imine (C=N–C) groups is 1. The molecular weight excluding hydrogens is 517 g/mol. The lowest BCUT2D eigenvalue weighted by Gasteiger charge is -2.19. The molecule has 0 unspecified atom stereocenters. The Hall–Kier alpha value is -2.49. The minimum atomic E-state index is -0.516. The van der Waals surface area contributed by atoms with Crippen LogP contribution in [0, 0.1) is 0 Å². The molecular formula is C24H36IN5O2. The Kier molecular flexibility index (Phi) is 11.3. The fraction of sp³-hybridized carbons (Fsp3) is 0.417. The molecule has 0 fully saturated rings. The molecule has 0 radical (unpaired) electrons. The third-order valence-electron chi connectivity index (χ3n) is 4.44. The smallest absolute Gasteiger partial charge is 0.412 e. The van der Waals surface area contributed by atoms with Crippen molar-refractivity contribution in [3.8, 4) is 0 Å². The number of halogens is 1. The lowest BCUT2D eigenvalue weighted by Crippen LogP contribution is -2.37. The summed E-state index contributed by atoms with van der Waals surface area (Å²) in [6, 6.07) is 16.2. The van der Waals surface area contributed by atoms with Crippen molar-refractivity contribution < 1.29 is 9.53 Å². The second-order valence-electron chi connectivity index (χ2n) is 8.49. The van der Waals surface area contributed by atoms with Crippen LogP contribution in [0.2, 0.25) is 0 Å². The fourth-order valence-corrected chi connectivity index (χ4v) is 2.82. The molecule has 2 rings (SSSR count). The zero-order valence-electron chi connectivity index (χ0n) is 19.9. The molecule has 3 N–H and O–H groups in total. The first-order valence-electron chi connectivity index (χ1n) is 10.5. The zero-order chi connectivity index (χ0) is 22.9. The number of carbonyl (C=O) groups is 1. The largest absolute Gasteiger partial charge is 0.444 e. The molecule has 2 aromatic rings. The number of amides is 1. The normalized spacial score (nSPS) is 11.2. The van der Waals surface area contributed by atoms with E-state index in [0.29, 0.717) is 12.2 Å². The van der Waals surface area contributed by atoms with E-state index in [1.165, 1.54) is 11.3 Å². The van der Waals surface area contributed by atoms with Crippen molar-refractivity contribution in [1.82, 2.24) is 10.6 Å². The molecule has 0 spiro atoms. The van der Waals surface area contributed by atoms with Gasteiger partial charge in [0.05, 0.1) is 0 Å². The summed E-state index contributed by atoms with van der Waals surface area (Å²) in [6.45, 7) is 6.97. The molecule has 0 bridgehead atoms. The Labute approximate surface area is 209 Å². The maximum atomic E-state index is 11.8. The van der Waals surface area contributed by atoms with Crippen LogP contribution in [0.15, 0.2) is 53.5 Å². The van der Waals surface area contributed by atoms with E-state index < -0.39 is 11.7 Å². The second-order valence-corrected chi connectivity index (χ2v) is 8.49. The number of anilines is 2. The average molecular weight is 553 g/mol. The van der Waals surface area contributed by atoms with Crippen LogP contribution in [0.25, 0.3) is 0 Å². The van der Waals surface area contributed by atoms with Crippen molar-refractivity contribution in [1.29, 1.82) is 0 Å². The molecule has 176 valence electrons. The Morgan fingerprint density at radius 1 is 0.969 bits per heavy atom. The first-order valence-corrected chi connectivity index (χ1v) is 10.5. The Bertz CT molecular complexity index is 859. The maximum absolute atomic E-state index is 11.8. The van der Waals surface area contributed by atoms with Crippen molar-refractivity contribution >= 4 is 47.4 Å². The molecule has 0 heterocycles. The Morgan fingerprint density at radius 2 is 1.56 bits per heavy atom. The van der Waals surface area contributed by atoms with E-state index in [1.54, 1.807) is 7.05 Å². The molecule has 0 saturated carbocycles. The quantitative estimate of drug-likeness (QED) is 0.265. The van der Waals surface area contributed by atoms with E-state index in [0.717, 1.165) is 24.5 Å². The summed E-state index contributed by atoms with van der Waals surface area (Å²) in [4.78, 5) is 18.2. The fourth-order valence-electron chi connectivity index (χ4n) is 2.82. The minimum Gasteiger partial charge on any atom is -0.444 e. The Balaban J connectivity index is 0.00000512. The van der Waals surface area contributed by atoms with Crippen LogP contribution in [-0.2, 0) is 17.7 Å². The first kappa shape index (κ1) is 27.5. The summed E-state index contributed by atoms with van der Waals surface area (Å²) in [5.74, 6) is 0.764. The van der Waals surface area contributed by atoms with Gasteiger partial charge in [0, 0.05) is 45.6 Å². The summed E-state index contributed by atoms with van der Waals surface area (Å²) in [5.41, 5.74) is 3.73. The molecule has 8 heteroatoms. The number of hydrogen-bond donors (Lipinski definition) is 3. The van der Waals surface area contributed by atoms with Gasteiger partial charge in [-0.15, -0.1) is 24.0 Å². The summed E-state index contributed by atoms with van der Waals surface area (Å²) in [7, 11) is 5.83. The van der Waals surface area contributed by atoms with Gasteiger partial charge in [-0.2, -0.15) is 0 Å². The first-order chi connectivity index (χ1) is 14.7. The number of nitrogens with one attached hydrogen (secondary N) is 3. The number of hydrogen-bond acceptors (Lipinski definition) is 4. The topological polar surface area (TPSA) is 78.0 Å². The van der Waals surface area contributed by atoms with Crippen LogP contribution in [0.5, 0.6) is 0 Å². The molecule has 0 aliphatic heterocycles. The van der Waals surface area contributed by atoms with Crippen molar-refractivity contribution in [3.63, 3.8) is 0 Å². The summed E-state index contributed by atoms with van der Waals surface area (Å²) >= 11 is 0. The standard InChI is InChI=1S/C24H35N5O2.HI/c1-24(2,3)31-23(30)28-20-11-7-18(8-12-20)15-16-26-22(25-4)27-17-19-9-13-21(14-10-19)29(5)6;/h7-14H,15-17H2,1-6H3,(H,28,30)(H2,25,26,27);1H. The molecule has 32 heavy (non-hydrogen) atoms. The lowest BCUT2D eigenvalue weighted by atomic mass is 10.1. The van der Waals surface area contributed by atoms with E-state index in [2.05, 4.69) is 50.1 Å². The predicted octanol–water partition coefficient (Wildman–Crippen LogP) is 4.63. The van der Waals surface area contributed by atoms with Crippen molar-refractivity contribution in [3.05, 3.63) is 59.7 Å². The van der Waals surface area contributed by atoms with Gasteiger partial charge < -0.3 is 20.3 Å². The van der Waals surface area contributed by atoms with E-state index in [9.17, 15) is 4.79 Å². The van der Waals surface area contributed by atoms with Crippen LogP contribution in [0.3, 0.4) is 0 Å². The number of rotatable bonds is 7. The van der Waals surface area contributed by atoms with E-state index in [4.69, 9.17) is 4.74 Å². The minimum absolute atomic E-state index is 0. The van der Waals surface area contributed by atoms with Crippen LogP contribution < -0.4 is 20.9 Å². The maximum Gasteiger partial charge on any atom is 0.412 e. The van der Waals surface area contributed by atoms with Gasteiger partial charge in [-0.05, 0) is 62.6 Å². The molecule has 0 aliphatic rings. The highest BCUT2D eigenvalue weighted by Gasteiger charge is 2.16. The molecule has 7 nitrogen and oxygen atoms in total. The third-order valence-corrected chi connectivity index (χ3v) is 4.44. The van der Waals surface area contributed by atoms with Gasteiger partial charge in [0.25, 0.3) is 0 Å². The highest BCUT2D eigenvalue weighted by molar-refractivity contribution is 14.0. The van der Waals surface area contributed by atoms with Crippen LogP contribution in [0.4, 0.5) is 16.2 Å². The Morgan fingerprint density at radius 3 is 2.09 bits per heavy atom. The summed E-state index contributed by atoms with van der Waals surface area (Å²) < 4.78 is 5.26.